The maximum absolute atomic E-state index is 12.0. The Hall–Kier alpha value is -2.74. The van der Waals surface area contributed by atoms with Crippen LogP contribution in [0, 0.1) is 17.0 Å². The van der Waals surface area contributed by atoms with Gasteiger partial charge in [0.05, 0.1) is 21.9 Å². The van der Waals surface area contributed by atoms with Crippen LogP contribution in [0.25, 0.3) is 5.69 Å². The number of amides is 1. The first kappa shape index (κ1) is 17.6. The first-order valence-corrected chi connectivity index (χ1v) is 7.41. The highest BCUT2D eigenvalue weighted by Crippen LogP contribution is 2.20. The molecule has 0 saturated carbocycles. The summed E-state index contributed by atoms with van der Waals surface area (Å²) in [5.41, 5.74) is 0.902. The zero-order chi connectivity index (χ0) is 17.9. The van der Waals surface area contributed by atoms with Crippen molar-refractivity contribution >= 4 is 17.4 Å². The molecule has 0 radical (unpaired) electrons. The van der Waals surface area contributed by atoms with Gasteiger partial charge in [0.2, 0.25) is 0 Å². The van der Waals surface area contributed by atoms with Gasteiger partial charge in [0.25, 0.3) is 11.6 Å². The quantitative estimate of drug-likeness (QED) is 0.670. The molecule has 1 aromatic carbocycles. The van der Waals surface area contributed by atoms with Crippen LogP contribution in [0.2, 0.25) is 0 Å². The average Bonchev–Trinajstić information content (AvgIpc) is 2.85. The molecule has 2 aromatic rings. The molecule has 0 fully saturated rings. The summed E-state index contributed by atoms with van der Waals surface area (Å²) >= 11 is 0. The van der Waals surface area contributed by atoms with Gasteiger partial charge in [-0.2, -0.15) is 5.10 Å². The molecule has 0 spiro atoms. The van der Waals surface area contributed by atoms with Gasteiger partial charge in [-0.25, -0.2) is 4.68 Å². The number of nitrogens with zero attached hydrogens (tertiary/aromatic N) is 3. The van der Waals surface area contributed by atoms with Gasteiger partial charge in [-0.1, -0.05) is 0 Å². The Balaban J connectivity index is 2.18. The standard InChI is InChI=1S/C16H20N4O4/c1-11-9-14(17-15(21)10-24-16(2,3)4)19(18-11)12-5-7-13(8-6-12)20(22)23/h5-9H,10H2,1-4H3,(H,17,21). The van der Waals surface area contributed by atoms with E-state index in [9.17, 15) is 14.9 Å². The Morgan fingerprint density at radius 2 is 1.96 bits per heavy atom. The third-order valence-electron chi connectivity index (χ3n) is 3.04. The van der Waals surface area contributed by atoms with Gasteiger partial charge >= 0.3 is 0 Å². The van der Waals surface area contributed by atoms with E-state index in [1.54, 1.807) is 25.1 Å². The molecule has 24 heavy (non-hydrogen) atoms. The SMILES string of the molecule is Cc1cc(NC(=O)COC(C)(C)C)n(-c2ccc([N+](=O)[O-])cc2)n1. The van der Waals surface area contributed by atoms with Crippen molar-refractivity contribution in [3.8, 4) is 5.69 Å². The third kappa shape index (κ3) is 4.63. The number of hydrogen-bond acceptors (Lipinski definition) is 5. The number of anilines is 1. The topological polar surface area (TPSA) is 99.3 Å². The monoisotopic (exact) mass is 332 g/mol. The first-order chi connectivity index (χ1) is 11.2. The minimum absolute atomic E-state index is 0.00760. The van der Waals surface area contributed by atoms with E-state index < -0.39 is 10.5 Å². The molecule has 0 bridgehead atoms. The van der Waals surface area contributed by atoms with Crippen LogP contribution >= 0.6 is 0 Å². The van der Waals surface area contributed by atoms with Crippen LogP contribution in [-0.2, 0) is 9.53 Å². The maximum Gasteiger partial charge on any atom is 0.269 e. The zero-order valence-corrected chi connectivity index (χ0v) is 14.1. The molecular weight excluding hydrogens is 312 g/mol. The molecular formula is C16H20N4O4. The number of rotatable bonds is 5. The second kappa shape index (κ2) is 6.79. The molecule has 1 heterocycles. The van der Waals surface area contributed by atoms with E-state index in [1.165, 1.54) is 16.8 Å². The predicted octanol–water partition coefficient (Wildman–Crippen LogP) is 2.84. The van der Waals surface area contributed by atoms with E-state index >= 15 is 0 Å². The van der Waals surface area contributed by atoms with Crippen molar-refractivity contribution in [3.05, 3.63) is 46.1 Å². The number of aromatic nitrogens is 2. The van der Waals surface area contributed by atoms with Crippen LogP contribution in [0.1, 0.15) is 26.5 Å². The van der Waals surface area contributed by atoms with Gasteiger partial charge in [0.15, 0.2) is 0 Å². The molecule has 0 aliphatic carbocycles. The lowest BCUT2D eigenvalue weighted by molar-refractivity contribution is -0.384. The third-order valence-corrected chi connectivity index (χ3v) is 3.04. The Morgan fingerprint density at radius 3 is 2.50 bits per heavy atom. The molecule has 1 amide bonds. The van der Waals surface area contributed by atoms with Crippen LogP contribution in [-0.4, -0.2) is 32.8 Å². The predicted molar refractivity (Wildman–Crippen MR) is 89.3 cm³/mol. The van der Waals surface area contributed by atoms with E-state index in [1.807, 2.05) is 20.8 Å². The number of aryl methyl sites for hydroxylation is 1. The number of non-ortho nitro benzene ring substituents is 1. The lowest BCUT2D eigenvalue weighted by Crippen LogP contribution is -2.27. The van der Waals surface area contributed by atoms with Crippen LogP contribution in [0.5, 0.6) is 0 Å². The molecule has 128 valence electrons. The van der Waals surface area contributed by atoms with Gasteiger partial charge in [0, 0.05) is 18.2 Å². The van der Waals surface area contributed by atoms with Crippen LogP contribution in [0.3, 0.4) is 0 Å². The number of ether oxygens (including phenoxy) is 1. The summed E-state index contributed by atoms with van der Waals surface area (Å²) in [5, 5.41) is 17.8. The fourth-order valence-electron chi connectivity index (χ4n) is 1.96. The summed E-state index contributed by atoms with van der Waals surface area (Å²) < 4.78 is 6.96. The number of nitro groups is 1. The summed E-state index contributed by atoms with van der Waals surface area (Å²) in [6.07, 6.45) is 0. The summed E-state index contributed by atoms with van der Waals surface area (Å²) in [7, 11) is 0. The normalized spacial score (nSPS) is 11.3. The molecule has 0 unspecified atom stereocenters. The first-order valence-electron chi connectivity index (χ1n) is 7.41. The molecule has 0 aliphatic heterocycles. The largest absolute Gasteiger partial charge is 0.366 e. The molecule has 1 aromatic heterocycles. The maximum atomic E-state index is 12.0. The highest BCUT2D eigenvalue weighted by atomic mass is 16.6. The Labute approximate surface area is 139 Å². The van der Waals surface area contributed by atoms with Crippen molar-refractivity contribution in [2.45, 2.75) is 33.3 Å². The lowest BCUT2D eigenvalue weighted by Gasteiger charge is -2.19. The smallest absolute Gasteiger partial charge is 0.269 e. The average molecular weight is 332 g/mol. The van der Waals surface area contributed by atoms with E-state index in [0.29, 0.717) is 17.2 Å². The van der Waals surface area contributed by atoms with Crippen molar-refractivity contribution < 1.29 is 14.5 Å². The van der Waals surface area contributed by atoms with Gasteiger partial charge in [-0.15, -0.1) is 0 Å². The number of nitro benzene ring substituents is 1. The molecule has 2 rings (SSSR count). The van der Waals surface area contributed by atoms with Crippen molar-refractivity contribution in [2.24, 2.45) is 0 Å². The van der Waals surface area contributed by atoms with Crippen molar-refractivity contribution in [2.75, 3.05) is 11.9 Å². The van der Waals surface area contributed by atoms with E-state index in [2.05, 4.69) is 10.4 Å². The number of carbonyl (C=O) groups is 1. The Kier molecular flexibility index (Phi) is 4.99. The highest BCUT2D eigenvalue weighted by Gasteiger charge is 2.16. The van der Waals surface area contributed by atoms with Crippen LogP contribution in [0.4, 0.5) is 11.5 Å². The number of carbonyl (C=O) groups excluding carboxylic acids is 1. The van der Waals surface area contributed by atoms with Crippen molar-refractivity contribution in [1.82, 2.24) is 9.78 Å². The Morgan fingerprint density at radius 1 is 1.33 bits per heavy atom. The summed E-state index contributed by atoms with van der Waals surface area (Å²) in [5.74, 6) is 0.178. The molecule has 0 atom stereocenters. The summed E-state index contributed by atoms with van der Waals surface area (Å²) in [4.78, 5) is 22.3. The molecule has 0 aliphatic rings. The van der Waals surface area contributed by atoms with Gasteiger partial charge in [-0.3, -0.25) is 14.9 Å². The fraction of sp³-hybridized carbons (Fsp3) is 0.375. The summed E-state index contributed by atoms with van der Waals surface area (Å²) in [6, 6.07) is 7.65. The van der Waals surface area contributed by atoms with Crippen LogP contribution in [0.15, 0.2) is 30.3 Å². The van der Waals surface area contributed by atoms with E-state index in [0.717, 1.165) is 0 Å². The second-order valence-corrected chi connectivity index (χ2v) is 6.31. The summed E-state index contributed by atoms with van der Waals surface area (Å²) in [6.45, 7) is 7.32. The molecule has 1 N–H and O–H groups in total. The second-order valence-electron chi connectivity index (χ2n) is 6.31. The fourth-order valence-corrected chi connectivity index (χ4v) is 1.96. The minimum atomic E-state index is -0.468. The number of nitrogens with one attached hydrogen (secondary N) is 1. The molecule has 8 nitrogen and oxygen atoms in total. The van der Waals surface area contributed by atoms with Crippen LogP contribution < -0.4 is 5.32 Å². The van der Waals surface area contributed by atoms with Crippen molar-refractivity contribution in [1.29, 1.82) is 0 Å². The number of hydrogen-bond donors (Lipinski definition) is 1. The highest BCUT2D eigenvalue weighted by molar-refractivity contribution is 5.91. The zero-order valence-electron chi connectivity index (χ0n) is 14.1. The van der Waals surface area contributed by atoms with Crippen molar-refractivity contribution in [3.63, 3.8) is 0 Å². The number of benzene rings is 1. The van der Waals surface area contributed by atoms with Gasteiger partial charge in [-0.05, 0) is 39.8 Å². The van der Waals surface area contributed by atoms with Gasteiger partial charge in [0.1, 0.15) is 12.4 Å². The van der Waals surface area contributed by atoms with Gasteiger partial charge < -0.3 is 10.1 Å². The molecule has 8 heteroatoms. The molecule has 0 saturated heterocycles. The lowest BCUT2D eigenvalue weighted by atomic mass is 10.2. The minimum Gasteiger partial charge on any atom is -0.366 e. The van der Waals surface area contributed by atoms with E-state index in [4.69, 9.17) is 4.74 Å². The van der Waals surface area contributed by atoms with E-state index in [-0.39, 0.29) is 18.2 Å². The Bertz CT molecular complexity index is 744.